The Balaban J connectivity index is 1.66. The van der Waals surface area contributed by atoms with Crippen LogP contribution < -0.4 is 4.74 Å². The molecule has 222 valence electrons. The van der Waals surface area contributed by atoms with Crippen molar-refractivity contribution in [3.63, 3.8) is 0 Å². The van der Waals surface area contributed by atoms with Crippen LogP contribution in [0.3, 0.4) is 0 Å². The van der Waals surface area contributed by atoms with Crippen molar-refractivity contribution in [1.29, 1.82) is 0 Å². The largest absolute Gasteiger partial charge is 0.477 e. The van der Waals surface area contributed by atoms with Crippen LogP contribution in [0.1, 0.15) is 87.5 Å². The molecule has 3 heterocycles. The highest BCUT2D eigenvalue weighted by atomic mass is 16.5. The van der Waals surface area contributed by atoms with Gasteiger partial charge >= 0.3 is 0 Å². The molecule has 6 rings (SSSR count). The summed E-state index contributed by atoms with van der Waals surface area (Å²) in [5, 5.41) is 3.77. The third-order valence-corrected chi connectivity index (χ3v) is 8.85. The molecule has 3 aromatic carbocycles. The van der Waals surface area contributed by atoms with Crippen molar-refractivity contribution in [1.82, 2.24) is 14.1 Å². The fourth-order valence-corrected chi connectivity index (χ4v) is 6.52. The second-order valence-electron chi connectivity index (χ2n) is 12.0. The average molecular weight is 572 g/mol. The Bertz CT molecular complexity index is 1760. The van der Waals surface area contributed by atoms with Crippen molar-refractivity contribution >= 4 is 32.7 Å². The maximum Gasteiger partial charge on any atom is 0.218 e. The Kier molecular flexibility index (Phi) is 8.83. The Morgan fingerprint density at radius 3 is 1.84 bits per heavy atom. The van der Waals surface area contributed by atoms with Gasteiger partial charge in [-0.3, -0.25) is 0 Å². The van der Waals surface area contributed by atoms with Gasteiger partial charge in [0.25, 0.3) is 0 Å². The number of hydrogen-bond acceptors (Lipinski definition) is 2. The zero-order valence-electron chi connectivity index (χ0n) is 26.3. The number of unbranched alkanes of at least 4 members (excludes halogenated alkanes) is 3. The van der Waals surface area contributed by atoms with Gasteiger partial charge in [0.2, 0.25) is 5.88 Å². The monoisotopic (exact) mass is 571 g/mol. The Hall–Kier alpha value is -4.05. The van der Waals surface area contributed by atoms with E-state index in [0.717, 1.165) is 61.1 Å². The van der Waals surface area contributed by atoms with E-state index in [1.54, 1.807) is 0 Å². The first-order chi connectivity index (χ1) is 21.1. The van der Waals surface area contributed by atoms with Crippen LogP contribution in [-0.2, 0) is 13.1 Å². The number of benzene rings is 3. The maximum absolute atomic E-state index is 6.61. The van der Waals surface area contributed by atoms with Gasteiger partial charge < -0.3 is 13.9 Å². The van der Waals surface area contributed by atoms with E-state index in [-0.39, 0.29) is 5.92 Å². The molecule has 0 aliphatic rings. The molecule has 43 heavy (non-hydrogen) atoms. The van der Waals surface area contributed by atoms with Gasteiger partial charge in [0.15, 0.2) is 0 Å². The lowest BCUT2D eigenvalue weighted by Gasteiger charge is -2.21. The predicted octanol–water partition coefficient (Wildman–Crippen LogP) is 10.4. The first kappa shape index (κ1) is 29.0. The Morgan fingerprint density at radius 1 is 0.674 bits per heavy atom. The predicted molar refractivity (Wildman–Crippen MR) is 182 cm³/mol. The Labute approximate surface area is 256 Å². The fraction of sp³-hybridized carbons (Fsp3) is 0.359. The van der Waals surface area contributed by atoms with Crippen LogP contribution in [0.5, 0.6) is 5.88 Å². The molecule has 4 heteroatoms. The standard InChI is InChI=1S/C39H45N3O/c1-5-8-22-41-26-33(30-18-11-13-20-35(30)41)37(34-27-42(23-9-6-2)36-21-14-12-19-31(34)36)32-25-29-17-15-16-28(4)38(29)40-39(32)43-24-10-7-3/h11-21,25-27,37H,5-10,22-24H2,1-4H3. The molecule has 4 nitrogen and oxygen atoms in total. The normalized spacial score (nSPS) is 11.8. The van der Waals surface area contributed by atoms with Crippen molar-refractivity contribution in [3.05, 3.63) is 107 Å². The molecule has 0 spiro atoms. The number of rotatable bonds is 13. The van der Waals surface area contributed by atoms with E-state index >= 15 is 0 Å². The Morgan fingerprint density at radius 2 is 1.26 bits per heavy atom. The molecule has 0 aliphatic carbocycles. The molecule has 0 saturated carbocycles. The summed E-state index contributed by atoms with van der Waals surface area (Å²) in [4.78, 5) is 5.26. The highest BCUT2D eigenvalue weighted by Crippen LogP contribution is 2.44. The number of aromatic nitrogens is 3. The van der Waals surface area contributed by atoms with Crippen LogP contribution in [0.4, 0.5) is 0 Å². The quantitative estimate of drug-likeness (QED) is 0.129. The molecule has 0 fully saturated rings. The molecule has 6 aromatic rings. The summed E-state index contributed by atoms with van der Waals surface area (Å²) in [6, 6.07) is 26.7. The molecule has 0 atom stereocenters. The van der Waals surface area contributed by atoms with Crippen molar-refractivity contribution < 1.29 is 4.74 Å². The first-order valence-electron chi connectivity index (χ1n) is 16.3. The SMILES string of the molecule is CCCCOc1nc2c(C)cccc2cc1C(c1cn(CCCC)c2ccccc12)c1cn(CCCC)c2ccccc12. The van der Waals surface area contributed by atoms with Gasteiger partial charge in [-0.25, -0.2) is 4.98 Å². The topological polar surface area (TPSA) is 32.0 Å². The van der Waals surface area contributed by atoms with Gasteiger partial charge in [0.1, 0.15) is 0 Å². The molecule has 0 N–H and O–H groups in total. The van der Waals surface area contributed by atoms with E-state index in [1.807, 2.05) is 0 Å². The first-order valence-corrected chi connectivity index (χ1v) is 16.3. The summed E-state index contributed by atoms with van der Waals surface area (Å²) in [5.74, 6) is 0.727. The molecule has 0 bridgehead atoms. The van der Waals surface area contributed by atoms with Crippen LogP contribution in [0.25, 0.3) is 32.7 Å². The van der Waals surface area contributed by atoms with Crippen molar-refractivity contribution in [2.24, 2.45) is 0 Å². The van der Waals surface area contributed by atoms with Gasteiger partial charge in [-0.05, 0) is 61.1 Å². The molecular weight excluding hydrogens is 526 g/mol. The number of fused-ring (bicyclic) bond motifs is 3. The number of ether oxygens (including phenoxy) is 1. The van der Waals surface area contributed by atoms with Crippen LogP contribution in [0, 0.1) is 6.92 Å². The zero-order valence-corrected chi connectivity index (χ0v) is 26.3. The zero-order chi connectivity index (χ0) is 29.8. The third kappa shape index (κ3) is 5.68. The van der Waals surface area contributed by atoms with Crippen LogP contribution in [0.15, 0.2) is 85.2 Å². The van der Waals surface area contributed by atoms with E-state index in [1.165, 1.54) is 51.3 Å². The molecule has 3 aromatic heterocycles. The molecule has 0 radical (unpaired) electrons. The number of pyridine rings is 1. The molecule has 0 amide bonds. The fourth-order valence-electron chi connectivity index (χ4n) is 6.52. The van der Waals surface area contributed by atoms with Crippen LogP contribution in [0.2, 0.25) is 0 Å². The van der Waals surface area contributed by atoms with E-state index < -0.39 is 0 Å². The molecule has 0 unspecified atom stereocenters. The van der Waals surface area contributed by atoms with Crippen LogP contribution in [-0.4, -0.2) is 20.7 Å². The minimum atomic E-state index is -0.0328. The number of para-hydroxylation sites is 3. The second kappa shape index (κ2) is 13.1. The average Bonchev–Trinajstić information content (AvgIpc) is 3.58. The summed E-state index contributed by atoms with van der Waals surface area (Å²) in [7, 11) is 0. The summed E-state index contributed by atoms with van der Waals surface area (Å²) in [5.41, 5.74) is 8.57. The minimum Gasteiger partial charge on any atom is -0.477 e. The molecule has 0 aliphatic heterocycles. The summed E-state index contributed by atoms with van der Waals surface area (Å²) in [6.45, 7) is 11.6. The summed E-state index contributed by atoms with van der Waals surface area (Å²) >= 11 is 0. The number of hydrogen-bond donors (Lipinski definition) is 0. The van der Waals surface area contributed by atoms with Gasteiger partial charge in [-0.1, -0.05) is 94.6 Å². The second-order valence-corrected chi connectivity index (χ2v) is 12.0. The lowest BCUT2D eigenvalue weighted by molar-refractivity contribution is 0.295. The van der Waals surface area contributed by atoms with E-state index in [0.29, 0.717) is 6.61 Å². The van der Waals surface area contributed by atoms with Gasteiger partial charge in [0.05, 0.1) is 12.1 Å². The maximum atomic E-state index is 6.61. The van der Waals surface area contributed by atoms with E-state index in [2.05, 4.69) is 122 Å². The highest BCUT2D eigenvalue weighted by Gasteiger charge is 2.29. The molecule has 0 saturated heterocycles. The minimum absolute atomic E-state index is 0.0328. The number of nitrogens with zero attached hydrogens (tertiary/aromatic N) is 3. The van der Waals surface area contributed by atoms with Crippen molar-refractivity contribution in [2.45, 2.75) is 85.2 Å². The summed E-state index contributed by atoms with van der Waals surface area (Å²) in [6.07, 6.45) is 11.6. The van der Waals surface area contributed by atoms with Crippen molar-refractivity contribution in [2.75, 3.05) is 6.61 Å². The van der Waals surface area contributed by atoms with Gasteiger partial charge in [-0.15, -0.1) is 0 Å². The van der Waals surface area contributed by atoms with Crippen LogP contribution >= 0.6 is 0 Å². The lowest BCUT2D eigenvalue weighted by atomic mass is 9.84. The van der Waals surface area contributed by atoms with Gasteiger partial charge in [-0.2, -0.15) is 0 Å². The van der Waals surface area contributed by atoms with Gasteiger partial charge in [0, 0.05) is 64.2 Å². The number of aryl methyl sites for hydroxylation is 3. The highest BCUT2D eigenvalue weighted by molar-refractivity contribution is 5.91. The van der Waals surface area contributed by atoms with Crippen molar-refractivity contribution in [3.8, 4) is 5.88 Å². The van der Waals surface area contributed by atoms with E-state index in [4.69, 9.17) is 9.72 Å². The van der Waals surface area contributed by atoms with E-state index in [9.17, 15) is 0 Å². The molecular formula is C39H45N3O. The summed E-state index contributed by atoms with van der Waals surface area (Å²) < 4.78 is 11.5. The smallest absolute Gasteiger partial charge is 0.218 e. The lowest BCUT2D eigenvalue weighted by Crippen LogP contribution is -2.09. The third-order valence-electron chi connectivity index (χ3n) is 8.85.